The number of nitrogens with zero attached hydrogens (tertiary/aromatic N) is 1. The van der Waals surface area contributed by atoms with E-state index in [9.17, 15) is 9.59 Å². The molecule has 2 saturated heterocycles. The highest BCUT2D eigenvalue weighted by atomic mass is 16.6. The fraction of sp³-hybridized carbons (Fsp3) is 0.857. The lowest BCUT2D eigenvalue weighted by molar-refractivity contribution is -0.122. The summed E-state index contributed by atoms with van der Waals surface area (Å²) in [4.78, 5) is 25.7. The molecule has 1 atom stereocenters. The van der Waals surface area contributed by atoms with E-state index in [-0.39, 0.29) is 17.5 Å². The molecule has 2 rings (SSSR count). The SMILES string of the molecule is CC(C)(C)OC(=O)N1CCCC2(CC(=O)NCCN2)C1. The molecule has 2 amide bonds. The molecule has 20 heavy (non-hydrogen) atoms. The maximum atomic E-state index is 12.2. The fourth-order valence-corrected chi connectivity index (χ4v) is 2.86. The van der Waals surface area contributed by atoms with Crippen LogP contribution in [-0.2, 0) is 9.53 Å². The Morgan fingerprint density at radius 1 is 1.35 bits per heavy atom. The number of hydrogen-bond donors (Lipinski definition) is 2. The first kappa shape index (κ1) is 15.1. The molecule has 2 N–H and O–H groups in total. The van der Waals surface area contributed by atoms with E-state index < -0.39 is 5.60 Å². The Balaban J connectivity index is 2.03. The predicted octanol–water partition coefficient (Wildman–Crippen LogP) is 0.866. The molecule has 0 aromatic rings. The third-order valence-corrected chi connectivity index (χ3v) is 3.67. The summed E-state index contributed by atoms with van der Waals surface area (Å²) >= 11 is 0. The van der Waals surface area contributed by atoms with Crippen molar-refractivity contribution in [2.24, 2.45) is 0 Å². The number of carbonyl (C=O) groups is 2. The molecular weight excluding hydrogens is 258 g/mol. The molecule has 2 fully saturated rings. The minimum absolute atomic E-state index is 0.0565. The van der Waals surface area contributed by atoms with E-state index in [4.69, 9.17) is 4.74 Å². The van der Waals surface area contributed by atoms with Gasteiger partial charge in [-0.1, -0.05) is 0 Å². The Labute approximate surface area is 120 Å². The average Bonchev–Trinajstić information content (AvgIpc) is 2.49. The van der Waals surface area contributed by atoms with Crippen molar-refractivity contribution in [2.75, 3.05) is 26.2 Å². The van der Waals surface area contributed by atoms with Crippen molar-refractivity contribution >= 4 is 12.0 Å². The van der Waals surface area contributed by atoms with E-state index in [1.807, 2.05) is 20.8 Å². The van der Waals surface area contributed by atoms with Crippen molar-refractivity contribution in [3.8, 4) is 0 Å². The van der Waals surface area contributed by atoms with Crippen molar-refractivity contribution in [2.45, 2.75) is 51.2 Å². The highest BCUT2D eigenvalue weighted by Crippen LogP contribution is 2.26. The number of amides is 2. The van der Waals surface area contributed by atoms with E-state index in [0.717, 1.165) is 19.4 Å². The Kier molecular flexibility index (Phi) is 4.22. The van der Waals surface area contributed by atoms with Gasteiger partial charge in [-0.05, 0) is 33.6 Å². The molecule has 2 aliphatic rings. The molecule has 0 aromatic heterocycles. The van der Waals surface area contributed by atoms with Gasteiger partial charge in [0, 0.05) is 38.1 Å². The van der Waals surface area contributed by atoms with Crippen LogP contribution in [0.15, 0.2) is 0 Å². The highest BCUT2D eigenvalue weighted by molar-refractivity contribution is 5.78. The van der Waals surface area contributed by atoms with Gasteiger partial charge in [0.05, 0.1) is 0 Å². The summed E-state index contributed by atoms with van der Waals surface area (Å²) in [5.74, 6) is 0.0565. The number of hydrogen-bond acceptors (Lipinski definition) is 4. The fourth-order valence-electron chi connectivity index (χ4n) is 2.86. The number of nitrogens with one attached hydrogen (secondary N) is 2. The van der Waals surface area contributed by atoms with Gasteiger partial charge >= 0.3 is 6.09 Å². The van der Waals surface area contributed by atoms with Crippen LogP contribution in [-0.4, -0.2) is 54.2 Å². The van der Waals surface area contributed by atoms with Crippen molar-refractivity contribution in [1.29, 1.82) is 0 Å². The largest absolute Gasteiger partial charge is 0.444 e. The van der Waals surface area contributed by atoms with Gasteiger partial charge in [0.15, 0.2) is 0 Å². The van der Waals surface area contributed by atoms with E-state index in [1.165, 1.54) is 0 Å². The molecule has 0 aromatic carbocycles. The lowest BCUT2D eigenvalue weighted by atomic mass is 9.86. The van der Waals surface area contributed by atoms with Crippen molar-refractivity contribution in [3.05, 3.63) is 0 Å². The summed E-state index contributed by atoms with van der Waals surface area (Å²) in [6.45, 7) is 8.21. The van der Waals surface area contributed by atoms with Gasteiger partial charge in [0.25, 0.3) is 0 Å². The summed E-state index contributed by atoms with van der Waals surface area (Å²) in [6, 6.07) is 0. The minimum Gasteiger partial charge on any atom is -0.444 e. The van der Waals surface area contributed by atoms with Crippen LogP contribution < -0.4 is 10.6 Å². The molecule has 0 saturated carbocycles. The van der Waals surface area contributed by atoms with Crippen LogP contribution in [0.1, 0.15) is 40.0 Å². The van der Waals surface area contributed by atoms with Gasteiger partial charge < -0.3 is 20.3 Å². The van der Waals surface area contributed by atoms with Crippen LogP contribution in [0, 0.1) is 0 Å². The number of likely N-dealkylation sites (tertiary alicyclic amines) is 1. The quantitative estimate of drug-likeness (QED) is 0.692. The summed E-state index contributed by atoms with van der Waals surface area (Å²) in [7, 11) is 0. The van der Waals surface area contributed by atoms with Gasteiger partial charge in [0.1, 0.15) is 5.60 Å². The molecule has 0 aliphatic carbocycles. The van der Waals surface area contributed by atoms with E-state index in [0.29, 0.717) is 26.1 Å². The van der Waals surface area contributed by atoms with Crippen molar-refractivity contribution < 1.29 is 14.3 Å². The van der Waals surface area contributed by atoms with Crippen molar-refractivity contribution in [3.63, 3.8) is 0 Å². The first-order valence-corrected chi connectivity index (χ1v) is 7.29. The Bertz CT molecular complexity index is 392. The third kappa shape index (κ3) is 3.85. The maximum Gasteiger partial charge on any atom is 0.410 e. The van der Waals surface area contributed by atoms with Crippen LogP contribution in [0.2, 0.25) is 0 Å². The normalized spacial score (nSPS) is 27.9. The molecule has 6 heteroatoms. The van der Waals surface area contributed by atoms with Gasteiger partial charge in [-0.3, -0.25) is 4.79 Å². The van der Waals surface area contributed by atoms with Gasteiger partial charge in [0.2, 0.25) is 5.91 Å². The summed E-state index contributed by atoms with van der Waals surface area (Å²) in [6.07, 6.45) is 1.94. The zero-order valence-corrected chi connectivity index (χ0v) is 12.6. The van der Waals surface area contributed by atoms with Crippen LogP contribution in [0.25, 0.3) is 0 Å². The van der Waals surface area contributed by atoms with Gasteiger partial charge in [-0.2, -0.15) is 0 Å². The number of carbonyl (C=O) groups excluding carboxylic acids is 2. The van der Waals surface area contributed by atoms with Gasteiger partial charge in [-0.25, -0.2) is 4.79 Å². The lowest BCUT2D eigenvalue weighted by Gasteiger charge is -2.42. The molecule has 2 heterocycles. The Morgan fingerprint density at radius 2 is 2.10 bits per heavy atom. The van der Waals surface area contributed by atoms with E-state index in [2.05, 4.69) is 10.6 Å². The monoisotopic (exact) mass is 283 g/mol. The predicted molar refractivity (Wildman–Crippen MR) is 75.4 cm³/mol. The second-order valence-corrected chi connectivity index (χ2v) is 6.74. The van der Waals surface area contributed by atoms with Crippen LogP contribution in [0.3, 0.4) is 0 Å². The molecular formula is C14H25N3O3. The van der Waals surface area contributed by atoms with Crippen LogP contribution in [0.5, 0.6) is 0 Å². The van der Waals surface area contributed by atoms with Crippen LogP contribution in [0.4, 0.5) is 4.79 Å². The second-order valence-electron chi connectivity index (χ2n) is 6.74. The summed E-state index contributed by atoms with van der Waals surface area (Å²) < 4.78 is 5.43. The second kappa shape index (κ2) is 5.60. The Morgan fingerprint density at radius 3 is 2.80 bits per heavy atom. The summed E-state index contributed by atoms with van der Waals surface area (Å²) in [5.41, 5.74) is -0.786. The topological polar surface area (TPSA) is 70.7 Å². The van der Waals surface area contributed by atoms with E-state index >= 15 is 0 Å². The minimum atomic E-state index is -0.490. The molecule has 6 nitrogen and oxygen atoms in total. The maximum absolute atomic E-state index is 12.2. The molecule has 114 valence electrons. The number of rotatable bonds is 0. The summed E-state index contributed by atoms with van der Waals surface area (Å²) in [5, 5.41) is 6.30. The molecule has 1 unspecified atom stereocenters. The molecule has 2 aliphatic heterocycles. The third-order valence-electron chi connectivity index (χ3n) is 3.67. The first-order chi connectivity index (χ1) is 9.30. The Hall–Kier alpha value is -1.30. The molecule has 1 spiro atoms. The standard InChI is InChI=1S/C14H25N3O3/c1-13(2,3)20-12(19)17-8-4-5-14(10-17)9-11(18)15-6-7-16-14/h16H,4-10H2,1-3H3,(H,15,18). The zero-order valence-electron chi connectivity index (χ0n) is 12.6. The van der Waals surface area contributed by atoms with Crippen molar-refractivity contribution in [1.82, 2.24) is 15.5 Å². The van der Waals surface area contributed by atoms with Crippen LogP contribution >= 0.6 is 0 Å². The van der Waals surface area contributed by atoms with Gasteiger partial charge in [-0.15, -0.1) is 0 Å². The highest BCUT2D eigenvalue weighted by Gasteiger charge is 2.40. The number of piperidine rings is 1. The first-order valence-electron chi connectivity index (χ1n) is 7.29. The average molecular weight is 283 g/mol. The zero-order chi connectivity index (χ0) is 14.8. The lowest BCUT2D eigenvalue weighted by Crippen LogP contribution is -2.59. The van der Waals surface area contributed by atoms with E-state index in [1.54, 1.807) is 4.90 Å². The molecule has 0 radical (unpaired) electrons. The smallest absolute Gasteiger partial charge is 0.410 e. The molecule has 0 bridgehead atoms. The number of ether oxygens (including phenoxy) is 1.